The molecular formula is C34H31ClN2O2. The van der Waals surface area contributed by atoms with Crippen LogP contribution in [0.1, 0.15) is 45.7 Å². The molecule has 5 heteroatoms. The zero-order valence-corrected chi connectivity index (χ0v) is 22.9. The zero-order valence-electron chi connectivity index (χ0n) is 22.1. The molecule has 196 valence electrons. The predicted molar refractivity (Wildman–Crippen MR) is 158 cm³/mol. The molecule has 1 heterocycles. The van der Waals surface area contributed by atoms with Crippen LogP contribution in [0.3, 0.4) is 0 Å². The summed E-state index contributed by atoms with van der Waals surface area (Å²) in [5, 5.41) is 3.76. The summed E-state index contributed by atoms with van der Waals surface area (Å²) in [6.45, 7) is 5.15. The first kappa shape index (κ1) is 26.3. The maximum Gasteiger partial charge on any atom is 0.251 e. The predicted octanol–water partition coefficient (Wildman–Crippen LogP) is 8.24. The van der Waals surface area contributed by atoms with Crippen molar-refractivity contribution in [2.24, 2.45) is 0 Å². The monoisotopic (exact) mass is 534 g/mol. The number of aromatic nitrogens is 1. The Bertz CT molecular complexity index is 1560. The lowest BCUT2D eigenvalue weighted by Gasteiger charge is -2.17. The standard InChI is InChI=1S/C34H31ClN2O2/c1-24-16-18-32(31-21-30(35)17-19-33(31)39-23-26-10-5-3-6-11-26)37(24)22-27-12-9-15-29(20-27)34(38)36-25(2)28-13-7-4-8-14-28/h3-21,25H,22-23H2,1-2H3,(H,36,38). The molecule has 1 aromatic heterocycles. The normalized spacial score (nSPS) is 11.7. The molecule has 0 saturated carbocycles. The number of rotatable bonds is 9. The maximum atomic E-state index is 13.1. The molecule has 0 bridgehead atoms. The summed E-state index contributed by atoms with van der Waals surface area (Å²) in [5.41, 5.74) is 6.87. The molecule has 0 saturated heterocycles. The number of carbonyl (C=O) groups is 1. The molecule has 0 spiro atoms. The van der Waals surface area contributed by atoms with E-state index < -0.39 is 0 Å². The highest BCUT2D eigenvalue weighted by Crippen LogP contribution is 2.35. The Morgan fingerprint density at radius 2 is 1.56 bits per heavy atom. The zero-order chi connectivity index (χ0) is 27.2. The van der Waals surface area contributed by atoms with Crippen LogP contribution in [0.5, 0.6) is 5.75 Å². The fourth-order valence-corrected chi connectivity index (χ4v) is 4.85. The van der Waals surface area contributed by atoms with E-state index in [1.165, 1.54) is 0 Å². The van der Waals surface area contributed by atoms with Gasteiger partial charge in [-0.1, -0.05) is 84.4 Å². The summed E-state index contributed by atoms with van der Waals surface area (Å²) in [6.07, 6.45) is 0. The Balaban J connectivity index is 1.38. The number of amides is 1. The van der Waals surface area contributed by atoms with E-state index in [-0.39, 0.29) is 11.9 Å². The van der Waals surface area contributed by atoms with Gasteiger partial charge in [-0.3, -0.25) is 4.79 Å². The summed E-state index contributed by atoms with van der Waals surface area (Å²) in [5.74, 6) is 0.676. The summed E-state index contributed by atoms with van der Waals surface area (Å²) in [7, 11) is 0. The van der Waals surface area contributed by atoms with E-state index in [1.807, 2.05) is 110 Å². The number of benzene rings is 4. The van der Waals surface area contributed by atoms with E-state index in [1.54, 1.807) is 0 Å². The Morgan fingerprint density at radius 3 is 2.33 bits per heavy atom. The Morgan fingerprint density at radius 1 is 0.846 bits per heavy atom. The van der Waals surface area contributed by atoms with Gasteiger partial charge in [0, 0.05) is 28.4 Å². The second kappa shape index (κ2) is 12.1. The highest BCUT2D eigenvalue weighted by molar-refractivity contribution is 6.31. The highest BCUT2D eigenvalue weighted by atomic mass is 35.5. The Labute approximate surface area is 234 Å². The molecule has 1 unspecified atom stereocenters. The van der Waals surface area contributed by atoms with E-state index in [2.05, 4.69) is 28.9 Å². The van der Waals surface area contributed by atoms with Gasteiger partial charge in [0.2, 0.25) is 0 Å². The van der Waals surface area contributed by atoms with Crippen molar-refractivity contribution in [1.29, 1.82) is 0 Å². The van der Waals surface area contributed by atoms with Gasteiger partial charge < -0.3 is 14.6 Å². The van der Waals surface area contributed by atoms with Crippen molar-refractivity contribution in [3.05, 3.63) is 148 Å². The quantitative estimate of drug-likeness (QED) is 0.207. The van der Waals surface area contributed by atoms with Gasteiger partial charge in [0.25, 0.3) is 5.91 Å². The minimum atomic E-state index is -0.0934. The van der Waals surface area contributed by atoms with Gasteiger partial charge in [0.1, 0.15) is 12.4 Å². The molecule has 1 N–H and O–H groups in total. The van der Waals surface area contributed by atoms with Gasteiger partial charge in [0.15, 0.2) is 0 Å². The average molecular weight is 535 g/mol. The first-order chi connectivity index (χ1) is 19.0. The minimum absolute atomic E-state index is 0.0854. The van der Waals surface area contributed by atoms with Gasteiger partial charge in [-0.25, -0.2) is 0 Å². The molecule has 0 fully saturated rings. The SMILES string of the molecule is Cc1ccc(-c2cc(Cl)ccc2OCc2ccccc2)n1Cc1cccc(C(=O)NC(C)c2ccccc2)c1. The molecule has 0 aliphatic carbocycles. The largest absolute Gasteiger partial charge is 0.488 e. The fraction of sp³-hybridized carbons (Fsp3) is 0.147. The van der Waals surface area contributed by atoms with Gasteiger partial charge >= 0.3 is 0 Å². The number of aryl methyl sites for hydroxylation is 1. The maximum absolute atomic E-state index is 13.1. The van der Waals surface area contributed by atoms with Gasteiger partial charge in [0.05, 0.1) is 11.7 Å². The van der Waals surface area contributed by atoms with Crippen molar-refractivity contribution in [2.75, 3.05) is 0 Å². The van der Waals surface area contributed by atoms with Crippen LogP contribution in [0.15, 0.2) is 115 Å². The lowest BCUT2D eigenvalue weighted by atomic mass is 10.1. The van der Waals surface area contributed by atoms with Crippen LogP contribution in [0.4, 0.5) is 0 Å². The number of carbonyl (C=O) groups excluding carboxylic acids is 1. The molecule has 4 nitrogen and oxygen atoms in total. The smallest absolute Gasteiger partial charge is 0.251 e. The van der Waals surface area contributed by atoms with E-state index in [0.717, 1.165) is 39.4 Å². The van der Waals surface area contributed by atoms with Crippen molar-refractivity contribution in [3.8, 4) is 17.0 Å². The number of nitrogens with zero attached hydrogens (tertiary/aromatic N) is 1. The first-order valence-electron chi connectivity index (χ1n) is 13.1. The first-order valence-corrected chi connectivity index (χ1v) is 13.4. The van der Waals surface area contributed by atoms with Crippen molar-refractivity contribution < 1.29 is 9.53 Å². The van der Waals surface area contributed by atoms with Gasteiger partial charge in [-0.05, 0) is 73.0 Å². The summed E-state index contributed by atoms with van der Waals surface area (Å²) >= 11 is 6.44. The minimum Gasteiger partial charge on any atom is -0.488 e. The molecule has 5 rings (SSSR count). The number of hydrogen-bond donors (Lipinski definition) is 1. The van der Waals surface area contributed by atoms with E-state index in [9.17, 15) is 4.79 Å². The summed E-state index contributed by atoms with van der Waals surface area (Å²) in [6, 6.07) is 37.7. The van der Waals surface area contributed by atoms with Crippen LogP contribution in [-0.4, -0.2) is 10.5 Å². The second-order valence-electron chi connectivity index (χ2n) is 9.67. The van der Waals surface area contributed by atoms with Crippen LogP contribution in [0.2, 0.25) is 5.02 Å². The van der Waals surface area contributed by atoms with Gasteiger partial charge in [-0.15, -0.1) is 0 Å². The van der Waals surface area contributed by atoms with Crippen molar-refractivity contribution in [3.63, 3.8) is 0 Å². The molecule has 0 radical (unpaired) electrons. The van der Waals surface area contributed by atoms with Crippen LogP contribution in [-0.2, 0) is 13.2 Å². The topological polar surface area (TPSA) is 43.3 Å². The third-order valence-corrected chi connectivity index (χ3v) is 7.07. The number of nitrogens with one attached hydrogen (secondary N) is 1. The molecule has 1 atom stereocenters. The fourth-order valence-electron chi connectivity index (χ4n) is 4.68. The number of halogens is 1. The van der Waals surface area contributed by atoms with Crippen molar-refractivity contribution in [2.45, 2.75) is 33.0 Å². The third kappa shape index (κ3) is 6.42. The lowest BCUT2D eigenvalue weighted by Crippen LogP contribution is -2.26. The van der Waals surface area contributed by atoms with E-state index in [0.29, 0.717) is 23.7 Å². The Kier molecular flexibility index (Phi) is 8.14. The molecule has 4 aromatic carbocycles. The molecule has 39 heavy (non-hydrogen) atoms. The third-order valence-electron chi connectivity index (χ3n) is 6.83. The van der Waals surface area contributed by atoms with Gasteiger partial charge in [-0.2, -0.15) is 0 Å². The van der Waals surface area contributed by atoms with E-state index in [4.69, 9.17) is 16.3 Å². The molecular weight excluding hydrogens is 504 g/mol. The molecule has 0 aliphatic rings. The van der Waals surface area contributed by atoms with Crippen molar-refractivity contribution >= 4 is 17.5 Å². The Hall–Kier alpha value is -4.28. The number of ether oxygens (including phenoxy) is 1. The van der Waals surface area contributed by atoms with E-state index >= 15 is 0 Å². The number of hydrogen-bond acceptors (Lipinski definition) is 2. The van der Waals surface area contributed by atoms with Crippen LogP contribution in [0, 0.1) is 6.92 Å². The van der Waals surface area contributed by atoms with Crippen molar-refractivity contribution in [1.82, 2.24) is 9.88 Å². The average Bonchev–Trinajstić information content (AvgIpc) is 3.32. The molecule has 0 aliphatic heterocycles. The summed E-state index contributed by atoms with van der Waals surface area (Å²) in [4.78, 5) is 13.1. The second-order valence-corrected chi connectivity index (χ2v) is 10.1. The van der Waals surface area contributed by atoms with Crippen LogP contribution < -0.4 is 10.1 Å². The summed E-state index contributed by atoms with van der Waals surface area (Å²) < 4.78 is 8.47. The molecule has 1 amide bonds. The lowest BCUT2D eigenvalue weighted by molar-refractivity contribution is 0.0939. The van der Waals surface area contributed by atoms with Crippen LogP contribution >= 0.6 is 11.6 Å². The molecule has 5 aromatic rings. The highest BCUT2D eigenvalue weighted by Gasteiger charge is 2.16. The van der Waals surface area contributed by atoms with Crippen LogP contribution in [0.25, 0.3) is 11.3 Å².